The molecule has 13 aromatic heterocycles. The highest BCUT2D eigenvalue weighted by Crippen LogP contribution is 2.41. The Morgan fingerprint density at radius 1 is 0.218 bits per heavy atom. The quantitative estimate of drug-likeness (QED) is 0.158. The van der Waals surface area contributed by atoms with Crippen molar-refractivity contribution in [2.24, 2.45) is 0 Å². The molecule has 0 aliphatic carbocycles. The van der Waals surface area contributed by atoms with Crippen molar-refractivity contribution in [3.8, 4) is 45.3 Å². The van der Waals surface area contributed by atoms with E-state index in [-0.39, 0.29) is 0 Å². The molecule has 0 N–H and O–H groups in total. The van der Waals surface area contributed by atoms with Gasteiger partial charge in [0.25, 0.3) is 0 Å². The Hall–Kier alpha value is -16.7. The van der Waals surface area contributed by atoms with Crippen molar-refractivity contribution in [3.05, 3.63) is 389 Å². The third kappa shape index (κ3) is 10.6. The lowest BCUT2D eigenvalue weighted by molar-refractivity contribution is 0.671. The predicted octanol–water partition coefficient (Wildman–Crippen LogP) is 24.0. The number of para-hydroxylation sites is 12. The van der Waals surface area contributed by atoms with Crippen LogP contribution in [-0.2, 0) is 0 Å². The highest BCUT2D eigenvalue weighted by Gasteiger charge is 2.26. The topological polar surface area (TPSA) is 154 Å². The number of hydrogen-bond acceptors (Lipinski definition) is 9. The van der Waals surface area contributed by atoms with E-state index in [2.05, 4.69) is 318 Å². The molecular weight excluding hydrogens is 1470 g/mol. The summed E-state index contributed by atoms with van der Waals surface area (Å²) in [7, 11) is 0. The van der Waals surface area contributed by atoms with Gasteiger partial charge in [0.2, 0.25) is 23.1 Å². The Morgan fingerprint density at radius 2 is 0.605 bits per heavy atom. The molecule has 0 aliphatic heterocycles. The predicted molar refractivity (Wildman–Crippen MR) is 480 cm³/mol. The van der Waals surface area contributed by atoms with Crippen LogP contribution in [0, 0.1) is 0 Å². The number of hydrogen-bond donors (Lipinski definition) is 0. The second-order valence-electron chi connectivity index (χ2n) is 29.5. The van der Waals surface area contributed by atoms with Crippen LogP contribution in [0.25, 0.3) is 211 Å². The largest absolute Gasteiger partial charge is 0.454 e. The van der Waals surface area contributed by atoms with Gasteiger partial charge in [-0.15, -0.1) is 0 Å². The Kier molecular flexibility index (Phi) is 15.2. The summed E-state index contributed by atoms with van der Waals surface area (Å²) in [6.45, 7) is 0. The van der Waals surface area contributed by atoms with Gasteiger partial charge in [-0.3, -0.25) is 50.8 Å². The number of furan rings is 1. The summed E-state index contributed by atoms with van der Waals surface area (Å²) in [6.07, 6.45) is 5.63. The van der Waals surface area contributed by atoms with Crippen LogP contribution in [-0.4, -0.2) is 75.7 Å². The molecule has 0 atom stereocenters. The molecule has 27 aromatic rings. The van der Waals surface area contributed by atoms with Gasteiger partial charge in [0.1, 0.15) is 16.9 Å². The van der Waals surface area contributed by atoms with Gasteiger partial charge in [-0.1, -0.05) is 200 Å². The van der Waals surface area contributed by atoms with Gasteiger partial charge >= 0.3 is 0 Å². The van der Waals surface area contributed by atoms with Crippen LogP contribution in [0.4, 0.5) is 0 Å². The monoisotopic (exact) mass is 1530 g/mol. The third-order valence-electron chi connectivity index (χ3n) is 22.8. The number of fused-ring (bicyclic) bond motifs is 30. The molecular formula is C102H64N16O. The first-order valence-electron chi connectivity index (χ1n) is 39.6. The number of rotatable bonds is 6. The fourth-order valence-electron chi connectivity index (χ4n) is 17.6. The van der Waals surface area contributed by atoms with Crippen LogP contribution in [0.5, 0.6) is 0 Å². The summed E-state index contributed by atoms with van der Waals surface area (Å²) in [5.74, 6) is 4.38. The normalized spacial score (nSPS) is 11.9. The average molecular weight is 1530 g/mol. The maximum absolute atomic E-state index is 6.38. The summed E-state index contributed by atoms with van der Waals surface area (Å²) >= 11 is 0. The van der Waals surface area contributed by atoms with Crippen molar-refractivity contribution >= 4 is 166 Å². The SMILES string of the molecule is c1ccc(-c2cccc(-n3c4ccc5ncccc5c4n4c5ccccc5nc34)c2)cc1.c1ccc(-c2cccc(-n3c4ccc5ncccc5c4n4c5ccccc5nc34)n2)cc1.c1ccc(-n2c3ccc4c5ccccc5oc4c3n3c4ccccc4nc23)cc1.c1ccc(-n2c3cnc4ccccc4c3n3c4ccccc4nc23)cc1. The van der Waals surface area contributed by atoms with Crippen molar-refractivity contribution in [1.82, 2.24) is 75.7 Å². The van der Waals surface area contributed by atoms with Crippen molar-refractivity contribution in [1.29, 1.82) is 0 Å². The van der Waals surface area contributed by atoms with Gasteiger partial charge in [0, 0.05) is 62.0 Å². The van der Waals surface area contributed by atoms with Gasteiger partial charge < -0.3 is 4.42 Å². The van der Waals surface area contributed by atoms with E-state index < -0.39 is 0 Å². The van der Waals surface area contributed by atoms with E-state index in [1.54, 1.807) is 0 Å². The van der Waals surface area contributed by atoms with E-state index in [0.717, 1.165) is 200 Å². The van der Waals surface area contributed by atoms with Gasteiger partial charge in [0.05, 0.1) is 111 Å². The highest BCUT2D eigenvalue weighted by atomic mass is 16.3. The van der Waals surface area contributed by atoms with Crippen LogP contribution >= 0.6 is 0 Å². The highest BCUT2D eigenvalue weighted by molar-refractivity contribution is 6.16. The molecule has 0 saturated heterocycles. The third-order valence-corrected chi connectivity index (χ3v) is 22.8. The number of pyridine rings is 4. The fraction of sp³-hybridized carbons (Fsp3) is 0. The van der Waals surface area contributed by atoms with Crippen molar-refractivity contribution in [3.63, 3.8) is 0 Å². The van der Waals surface area contributed by atoms with Crippen molar-refractivity contribution in [2.45, 2.75) is 0 Å². The van der Waals surface area contributed by atoms with Gasteiger partial charge in [0.15, 0.2) is 5.58 Å². The summed E-state index contributed by atoms with van der Waals surface area (Å²) in [5.41, 5.74) is 29.4. The second kappa shape index (κ2) is 27.0. The smallest absolute Gasteiger partial charge is 0.221 e. The molecule has 0 radical (unpaired) electrons. The molecule has 558 valence electrons. The number of aromatic nitrogens is 16. The van der Waals surface area contributed by atoms with E-state index >= 15 is 0 Å². The summed E-state index contributed by atoms with van der Waals surface area (Å²) in [4.78, 5) is 38.8. The molecule has 0 amide bonds. The number of benzene rings is 14. The standard InChI is InChI=1S/C28H18N4.C27H17N5.C25H15N3O.C22H14N4/c1-2-8-19(9-3-1)20-10-6-11-21(18-20)31-26-16-15-23-22(12-7-17-29-23)27(26)32-25-14-5-4-13-24(25)30-28(31)32;1-2-8-18(9-3-1)20-12-6-14-25(29-20)31-24-16-15-21-19(10-7-17-28-21)26(24)32-23-13-5-4-11-22(23)30-27(31)32;1-2-8-16(9-3-1)27-21-15-14-18-17-10-4-7-13-22(17)29-24(18)23(21)28-20-12-6-5-11-19(20)26-25(27)28;1-2-8-15(9-3-1)25-20-14-23-17-11-5-4-10-16(17)21(20)26-19-13-7-6-12-18(19)24-22(25)26/h1-18H;1-17H;1-15H;1-14H. The van der Waals surface area contributed by atoms with Crippen molar-refractivity contribution in [2.75, 3.05) is 0 Å². The molecule has 0 saturated carbocycles. The zero-order valence-corrected chi connectivity index (χ0v) is 63.5. The first kappa shape index (κ1) is 66.9. The summed E-state index contributed by atoms with van der Waals surface area (Å²) in [6, 6.07) is 127. The minimum Gasteiger partial charge on any atom is -0.454 e. The molecule has 0 spiro atoms. The lowest BCUT2D eigenvalue weighted by atomic mass is 10.1. The van der Waals surface area contributed by atoms with E-state index in [4.69, 9.17) is 29.3 Å². The minimum absolute atomic E-state index is 0.838. The second-order valence-corrected chi connectivity index (χ2v) is 29.5. The molecule has 17 heteroatoms. The molecule has 13 heterocycles. The van der Waals surface area contributed by atoms with Gasteiger partial charge in [-0.25, -0.2) is 24.9 Å². The molecule has 17 nitrogen and oxygen atoms in total. The molecule has 0 fully saturated rings. The Bertz CT molecular complexity index is 8440. The average Bonchev–Trinajstić information content (AvgIpc) is 1.57. The Labute approximate surface area is 676 Å². The van der Waals surface area contributed by atoms with Gasteiger partial charge in [-0.05, 0) is 181 Å². The molecule has 14 aromatic carbocycles. The van der Waals surface area contributed by atoms with E-state index in [1.807, 2.05) is 122 Å². The molecule has 27 rings (SSSR count). The first-order valence-corrected chi connectivity index (χ1v) is 39.6. The van der Waals surface area contributed by atoms with E-state index in [0.29, 0.717) is 0 Å². The van der Waals surface area contributed by atoms with Crippen LogP contribution < -0.4 is 0 Å². The van der Waals surface area contributed by atoms with E-state index in [9.17, 15) is 0 Å². The van der Waals surface area contributed by atoms with Crippen LogP contribution in [0.15, 0.2) is 393 Å². The first-order chi connectivity index (χ1) is 59.1. The maximum atomic E-state index is 6.38. The summed E-state index contributed by atoms with van der Waals surface area (Å²) in [5, 5.41) is 5.60. The molecule has 119 heavy (non-hydrogen) atoms. The zero-order chi connectivity index (χ0) is 78.2. The number of imidazole rings is 8. The molecule has 0 unspecified atom stereocenters. The Balaban J connectivity index is 0.0000000906. The summed E-state index contributed by atoms with van der Waals surface area (Å²) < 4.78 is 24.2. The maximum Gasteiger partial charge on any atom is 0.221 e. The van der Waals surface area contributed by atoms with Crippen LogP contribution in [0.3, 0.4) is 0 Å². The van der Waals surface area contributed by atoms with Crippen LogP contribution in [0.1, 0.15) is 0 Å². The molecule has 0 aliphatic rings. The minimum atomic E-state index is 0.838. The fourth-order valence-corrected chi connectivity index (χ4v) is 17.6. The molecule has 0 bridgehead atoms. The van der Waals surface area contributed by atoms with E-state index in [1.165, 1.54) is 11.1 Å². The lowest BCUT2D eigenvalue weighted by Crippen LogP contribution is -1.99. The van der Waals surface area contributed by atoms with Gasteiger partial charge in [-0.2, -0.15) is 0 Å². The zero-order valence-electron chi connectivity index (χ0n) is 63.5. The van der Waals surface area contributed by atoms with Crippen molar-refractivity contribution < 1.29 is 4.42 Å². The van der Waals surface area contributed by atoms with Crippen LogP contribution in [0.2, 0.25) is 0 Å². The Morgan fingerprint density at radius 3 is 1.17 bits per heavy atom. The number of nitrogens with zero attached hydrogens (tertiary/aromatic N) is 16. The lowest BCUT2D eigenvalue weighted by Gasteiger charge is -2.09.